The summed E-state index contributed by atoms with van der Waals surface area (Å²) in [6, 6.07) is 0. The molecule has 0 saturated carbocycles. The minimum absolute atomic E-state index is 0. The summed E-state index contributed by atoms with van der Waals surface area (Å²) in [6.07, 6.45) is 0. The van der Waals surface area contributed by atoms with Crippen molar-refractivity contribution in [2.75, 3.05) is 0 Å². The van der Waals surface area contributed by atoms with E-state index in [9.17, 15) is 0 Å². The topological polar surface area (TPSA) is 158 Å². The van der Waals surface area contributed by atoms with Crippen molar-refractivity contribution in [1.29, 1.82) is 0 Å². The first-order valence-corrected chi connectivity index (χ1v) is 11.0. The van der Waals surface area contributed by atoms with Gasteiger partial charge in [-0.2, -0.15) is 0 Å². The Kier molecular flexibility index (Phi) is 70.2. The molecule has 0 amide bonds. The van der Waals surface area contributed by atoms with Crippen molar-refractivity contribution in [1.82, 2.24) is 0 Å². The molecule has 0 heterocycles. The fourth-order valence-electron chi connectivity index (χ4n) is 0. The van der Waals surface area contributed by atoms with E-state index >= 15 is 0 Å². The van der Waals surface area contributed by atoms with Gasteiger partial charge in [-0.25, -0.2) is 0 Å². The van der Waals surface area contributed by atoms with Gasteiger partial charge in [-0.15, -0.1) is 0 Å². The quantitative estimate of drug-likeness (QED) is 0.481. The van der Waals surface area contributed by atoms with Gasteiger partial charge in [0.25, 0.3) is 0 Å². The molecule has 5 nitrogen and oxygen atoms in total. The minimum atomic E-state index is -3.13. The van der Waals surface area contributed by atoms with E-state index in [1.807, 2.05) is 0 Å². The predicted octanol–water partition coefficient (Wildman–Crippen LogP) is -1.37. The van der Waals surface area contributed by atoms with Crippen molar-refractivity contribution in [3.63, 3.8) is 0 Å². The van der Waals surface area contributed by atoms with Gasteiger partial charge >= 0.3 is 49.6 Å². The molecule has 0 fully saturated rings. The summed E-state index contributed by atoms with van der Waals surface area (Å²) in [5.74, 6) is 0. The van der Waals surface area contributed by atoms with E-state index < -0.39 is 11.9 Å². The van der Waals surface area contributed by atoms with Crippen LogP contribution >= 0.6 is 37.7 Å². The molecule has 0 bridgehead atoms. The van der Waals surface area contributed by atoms with Gasteiger partial charge < -0.3 is 27.4 Å². The maximum atomic E-state index is 5.02. The van der Waals surface area contributed by atoms with E-state index in [1.165, 1.54) is 0 Å². The number of hydrogen-bond acceptors (Lipinski definition) is 0. The van der Waals surface area contributed by atoms with E-state index in [2.05, 4.69) is 0 Å². The number of rotatable bonds is 0. The molecule has 0 aromatic rings. The molecule has 0 aromatic heterocycles. The standard InChI is InChI=1S/4ClH.Mo.5H2O/h4*1H;;5*1H2/q;;;;+4;;;;;/p-4. The summed E-state index contributed by atoms with van der Waals surface area (Å²) in [4.78, 5) is 0. The van der Waals surface area contributed by atoms with Crippen LogP contribution < -0.4 is 0 Å². The summed E-state index contributed by atoms with van der Waals surface area (Å²) < 4.78 is 0. The summed E-state index contributed by atoms with van der Waals surface area (Å²) in [7, 11) is 20.1. The molecule has 74 valence electrons. The molecular formula is H10Cl4MoO5. The van der Waals surface area contributed by atoms with Crippen molar-refractivity contribution in [3.05, 3.63) is 0 Å². The van der Waals surface area contributed by atoms with Crippen LogP contribution in [-0.2, 0) is 11.9 Å². The zero-order valence-electron chi connectivity index (χ0n) is 4.42. The van der Waals surface area contributed by atoms with E-state index in [1.54, 1.807) is 0 Å². The molecule has 0 aromatic carbocycles. The first-order chi connectivity index (χ1) is 2.00. The Morgan fingerprint density at radius 1 is 0.500 bits per heavy atom. The molecule has 0 aliphatic carbocycles. The second-order valence-electron chi connectivity index (χ2n) is 0.350. The molecule has 10 heteroatoms. The Bertz CT molecular complexity index is 29.1. The Balaban J connectivity index is -0.00000000800. The molecule has 10 N–H and O–H groups in total. The maximum absolute atomic E-state index is 5.02. The van der Waals surface area contributed by atoms with Crippen LogP contribution in [0, 0.1) is 0 Å². The third-order valence-electron chi connectivity index (χ3n) is 0. The first kappa shape index (κ1) is 41.4. The fraction of sp³-hybridized carbons (Fsp3) is 0. The molecular weight excluding hydrogens is 318 g/mol. The van der Waals surface area contributed by atoms with Gasteiger partial charge in [0, 0.05) is 0 Å². The van der Waals surface area contributed by atoms with E-state index in [-0.39, 0.29) is 27.4 Å². The van der Waals surface area contributed by atoms with Gasteiger partial charge in [0.1, 0.15) is 0 Å². The Hall–Kier alpha value is 1.65. The normalized spacial score (nSPS) is 7.60. The first-order valence-electron chi connectivity index (χ1n) is 0.617. The Morgan fingerprint density at radius 3 is 0.500 bits per heavy atom. The molecule has 0 aliphatic rings. The van der Waals surface area contributed by atoms with E-state index in [0.29, 0.717) is 0 Å². The van der Waals surface area contributed by atoms with Crippen molar-refractivity contribution in [2.24, 2.45) is 0 Å². The predicted molar refractivity (Wildman–Crippen MR) is 41.5 cm³/mol. The zero-order valence-corrected chi connectivity index (χ0v) is 9.45. The van der Waals surface area contributed by atoms with Crippen molar-refractivity contribution < 1.29 is 39.3 Å². The van der Waals surface area contributed by atoms with Gasteiger partial charge in [0.05, 0.1) is 0 Å². The van der Waals surface area contributed by atoms with Crippen LogP contribution in [-0.4, -0.2) is 27.4 Å². The van der Waals surface area contributed by atoms with E-state index in [4.69, 9.17) is 37.7 Å². The van der Waals surface area contributed by atoms with Crippen LogP contribution in [0.2, 0.25) is 0 Å². The third kappa shape index (κ3) is 266. The van der Waals surface area contributed by atoms with Crippen LogP contribution in [0.5, 0.6) is 0 Å². The summed E-state index contributed by atoms with van der Waals surface area (Å²) >= 11 is -3.13. The van der Waals surface area contributed by atoms with Crippen LogP contribution in [0.15, 0.2) is 0 Å². The van der Waals surface area contributed by atoms with Crippen molar-refractivity contribution >= 4 is 37.7 Å². The van der Waals surface area contributed by atoms with Gasteiger partial charge in [-0.1, -0.05) is 0 Å². The third-order valence-corrected chi connectivity index (χ3v) is 0. The van der Waals surface area contributed by atoms with Gasteiger partial charge in [0.15, 0.2) is 0 Å². The summed E-state index contributed by atoms with van der Waals surface area (Å²) in [5.41, 5.74) is 0. The number of halogens is 4. The van der Waals surface area contributed by atoms with Crippen LogP contribution in [0.1, 0.15) is 0 Å². The second-order valence-corrected chi connectivity index (χ2v) is 18.6. The fourth-order valence-corrected chi connectivity index (χ4v) is 0. The monoisotopic (exact) mass is 328 g/mol. The molecule has 0 spiro atoms. The van der Waals surface area contributed by atoms with E-state index in [0.717, 1.165) is 0 Å². The summed E-state index contributed by atoms with van der Waals surface area (Å²) in [6.45, 7) is 0. The number of hydrogen-bond donors (Lipinski definition) is 0. The zero-order chi connectivity index (χ0) is 4.50. The average Bonchev–Trinajstić information content (AvgIpc) is 0.722. The average molecular weight is 328 g/mol. The Labute approximate surface area is 76.6 Å². The van der Waals surface area contributed by atoms with Crippen molar-refractivity contribution in [2.45, 2.75) is 0 Å². The molecule has 0 rings (SSSR count). The molecule has 10 heavy (non-hydrogen) atoms. The molecule has 0 saturated heterocycles. The van der Waals surface area contributed by atoms with Gasteiger partial charge in [0.2, 0.25) is 0 Å². The molecule has 0 aliphatic heterocycles. The van der Waals surface area contributed by atoms with Crippen LogP contribution in [0.3, 0.4) is 0 Å². The summed E-state index contributed by atoms with van der Waals surface area (Å²) in [5, 5.41) is 0. The molecule has 0 unspecified atom stereocenters. The molecule has 0 atom stereocenters. The Morgan fingerprint density at radius 2 is 0.500 bits per heavy atom. The second kappa shape index (κ2) is 16.9. The van der Waals surface area contributed by atoms with Crippen molar-refractivity contribution in [3.8, 4) is 0 Å². The van der Waals surface area contributed by atoms with Gasteiger partial charge in [-0.3, -0.25) is 0 Å². The SMILES string of the molecule is O.O.O.O.O.[Cl][Mo]([Cl])([Cl])[Cl]. The van der Waals surface area contributed by atoms with Gasteiger partial charge in [-0.05, 0) is 0 Å². The molecule has 0 radical (unpaired) electrons. The van der Waals surface area contributed by atoms with Crippen LogP contribution in [0.25, 0.3) is 0 Å². The van der Waals surface area contributed by atoms with Crippen LogP contribution in [0.4, 0.5) is 0 Å².